The average Bonchev–Trinajstić information content (AvgIpc) is 3.41. The van der Waals surface area contributed by atoms with Crippen molar-refractivity contribution in [2.45, 2.75) is 31.7 Å². The summed E-state index contributed by atoms with van der Waals surface area (Å²) in [6, 6.07) is 17.6. The first-order valence-corrected chi connectivity index (χ1v) is 13.4. The molecule has 0 bridgehead atoms. The van der Waals surface area contributed by atoms with Gasteiger partial charge in [-0.15, -0.1) is 0 Å². The maximum absolute atomic E-state index is 9.85. The minimum Gasteiger partial charge on any atom is -0.496 e. The van der Waals surface area contributed by atoms with E-state index in [9.17, 15) is 10.4 Å². The summed E-state index contributed by atoms with van der Waals surface area (Å²) in [5.41, 5.74) is 5.28. The molecule has 2 aromatic carbocycles. The smallest absolute Gasteiger partial charge is 0.161 e. The van der Waals surface area contributed by atoms with Crippen LogP contribution in [0.1, 0.15) is 24.0 Å². The van der Waals surface area contributed by atoms with Crippen LogP contribution in [0.2, 0.25) is 0 Å². The molecule has 2 fully saturated rings. The molecule has 0 saturated carbocycles. The van der Waals surface area contributed by atoms with Crippen LogP contribution in [0.15, 0.2) is 59.1 Å². The van der Waals surface area contributed by atoms with Gasteiger partial charge in [0.1, 0.15) is 34.9 Å². The highest BCUT2D eigenvalue weighted by atomic mass is 16.5. The Balaban J connectivity index is 1.24. The van der Waals surface area contributed by atoms with Gasteiger partial charge in [-0.3, -0.25) is 9.88 Å². The van der Waals surface area contributed by atoms with E-state index in [0.717, 1.165) is 35.1 Å². The second-order valence-electron chi connectivity index (χ2n) is 10.1. The highest BCUT2D eigenvalue weighted by Crippen LogP contribution is 2.38. The number of hydrogen-bond acceptors (Lipinski definition) is 9. The lowest BCUT2D eigenvalue weighted by atomic mass is 10.0. The number of hydrogen-bond donors (Lipinski definition) is 1. The summed E-state index contributed by atoms with van der Waals surface area (Å²) < 4.78 is 29.4. The maximum atomic E-state index is 9.85. The largest absolute Gasteiger partial charge is 0.496 e. The summed E-state index contributed by atoms with van der Waals surface area (Å²) in [5, 5.41) is 19.3. The Hall–Kier alpha value is -3.94. The van der Waals surface area contributed by atoms with E-state index in [-0.39, 0.29) is 12.2 Å². The summed E-state index contributed by atoms with van der Waals surface area (Å²) >= 11 is 0. The van der Waals surface area contributed by atoms with Crippen molar-refractivity contribution in [1.29, 1.82) is 5.26 Å². The zero-order valence-electron chi connectivity index (χ0n) is 22.3. The molecule has 0 spiro atoms. The van der Waals surface area contributed by atoms with Gasteiger partial charge >= 0.3 is 0 Å². The number of likely N-dealkylation sites (tertiary alicyclic amines) is 1. The molecule has 2 aromatic heterocycles. The first-order chi connectivity index (χ1) is 19.6. The fourth-order valence-electron chi connectivity index (χ4n) is 5.13. The predicted octanol–water partition coefficient (Wildman–Crippen LogP) is 4.75. The van der Waals surface area contributed by atoms with E-state index in [1.807, 2.05) is 53.4 Å². The Morgan fingerprint density at radius 3 is 2.67 bits per heavy atom. The standard InChI is InChI=1S/C31H31N3O6/c1-36-29-12-20(18-38-19-34-16-23(35)17-34)2-4-26(29)30-14-27-31(40-30)25(6-9-33-27)21-3-5-28(22(13-21)15-32)39-24-7-10-37-11-8-24/h2-6,9,12-14,23-24,35H,7-8,10-11,16-19H2,1H3. The van der Waals surface area contributed by atoms with Gasteiger partial charge in [-0.2, -0.15) is 5.26 Å². The molecule has 0 aliphatic carbocycles. The number of nitrogens with zero attached hydrogens (tertiary/aromatic N) is 3. The molecule has 2 aliphatic rings. The molecule has 9 heteroatoms. The summed E-state index contributed by atoms with van der Waals surface area (Å²) in [6.45, 7) is 3.56. The first-order valence-electron chi connectivity index (χ1n) is 13.4. The molecule has 4 heterocycles. The molecule has 0 atom stereocenters. The molecule has 0 radical (unpaired) electrons. The first kappa shape index (κ1) is 26.3. The quantitative estimate of drug-likeness (QED) is 0.321. The Morgan fingerprint density at radius 2 is 1.90 bits per heavy atom. The third-order valence-corrected chi connectivity index (χ3v) is 7.30. The minimum atomic E-state index is -0.245. The Morgan fingerprint density at radius 1 is 1.05 bits per heavy atom. The monoisotopic (exact) mass is 541 g/mol. The van der Waals surface area contributed by atoms with Crippen LogP contribution in [-0.2, 0) is 16.1 Å². The minimum absolute atomic E-state index is 0.0504. The second-order valence-corrected chi connectivity index (χ2v) is 10.1. The van der Waals surface area contributed by atoms with Gasteiger partial charge in [0, 0.05) is 43.8 Å². The third-order valence-electron chi connectivity index (χ3n) is 7.30. The predicted molar refractivity (Wildman–Crippen MR) is 148 cm³/mol. The number of rotatable bonds is 9. The van der Waals surface area contributed by atoms with E-state index in [1.54, 1.807) is 13.3 Å². The van der Waals surface area contributed by atoms with Crippen LogP contribution in [0.5, 0.6) is 11.5 Å². The van der Waals surface area contributed by atoms with Crippen molar-refractivity contribution in [2.24, 2.45) is 0 Å². The summed E-state index contributed by atoms with van der Waals surface area (Å²) in [4.78, 5) is 6.56. The van der Waals surface area contributed by atoms with E-state index in [4.69, 9.17) is 23.4 Å². The number of furan rings is 1. The molecule has 0 unspecified atom stereocenters. The van der Waals surface area contributed by atoms with Crippen LogP contribution in [0.25, 0.3) is 33.6 Å². The van der Waals surface area contributed by atoms with Crippen molar-refractivity contribution in [3.8, 4) is 40.0 Å². The van der Waals surface area contributed by atoms with Crippen molar-refractivity contribution >= 4 is 11.1 Å². The lowest BCUT2D eigenvalue weighted by molar-refractivity contribution is -0.0740. The molecule has 2 saturated heterocycles. The highest BCUT2D eigenvalue weighted by molar-refractivity contribution is 5.93. The molecule has 0 amide bonds. The summed E-state index contributed by atoms with van der Waals surface area (Å²) in [6.07, 6.45) is 3.17. The molecule has 9 nitrogen and oxygen atoms in total. The summed E-state index contributed by atoms with van der Waals surface area (Å²) in [7, 11) is 1.63. The lowest BCUT2D eigenvalue weighted by Gasteiger charge is -2.35. The van der Waals surface area contributed by atoms with Crippen LogP contribution in [-0.4, -0.2) is 67.3 Å². The third kappa shape index (κ3) is 5.53. The van der Waals surface area contributed by atoms with E-state index >= 15 is 0 Å². The topological polar surface area (TPSA) is 110 Å². The van der Waals surface area contributed by atoms with Crippen molar-refractivity contribution < 1.29 is 28.5 Å². The van der Waals surface area contributed by atoms with E-state index in [1.165, 1.54) is 0 Å². The van der Waals surface area contributed by atoms with Crippen molar-refractivity contribution in [2.75, 3.05) is 40.1 Å². The van der Waals surface area contributed by atoms with Gasteiger partial charge in [0.25, 0.3) is 0 Å². The second kappa shape index (κ2) is 11.7. The fraction of sp³-hybridized carbons (Fsp3) is 0.355. The molecule has 40 heavy (non-hydrogen) atoms. The Bertz CT molecular complexity index is 1530. The molecular formula is C31H31N3O6. The maximum Gasteiger partial charge on any atom is 0.161 e. The van der Waals surface area contributed by atoms with Gasteiger partial charge in [0.15, 0.2) is 5.58 Å². The zero-order valence-corrected chi connectivity index (χ0v) is 22.3. The number of benzene rings is 2. The van der Waals surface area contributed by atoms with Crippen LogP contribution in [0.4, 0.5) is 0 Å². The van der Waals surface area contributed by atoms with Crippen LogP contribution in [0.3, 0.4) is 0 Å². The van der Waals surface area contributed by atoms with Crippen LogP contribution in [0, 0.1) is 11.3 Å². The highest BCUT2D eigenvalue weighted by Gasteiger charge is 2.24. The lowest BCUT2D eigenvalue weighted by Crippen LogP contribution is -2.51. The van der Waals surface area contributed by atoms with Gasteiger partial charge in [-0.1, -0.05) is 12.1 Å². The number of pyridine rings is 1. The van der Waals surface area contributed by atoms with Gasteiger partial charge < -0.3 is 28.5 Å². The van der Waals surface area contributed by atoms with Gasteiger partial charge in [-0.25, -0.2) is 0 Å². The zero-order chi connectivity index (χ0) is 27.5. The molecule has 6 rings (SSSR count). The van der Waals surface area contributed by atoms with Crippen molar-refractivity contribution in [1.82, 2.24) is 9.88 Å². The molecule has 4 aromatic rings. The molecular weight excluding hydrogens is 510 g/mol. The number of methoxy groups -OCH3 is 1. The fourth-order valence-corrected chi connectivity index (χ4v) is 5.13. The van der Waals surface area contributed by atoms with Gasteiger partial charge in [-0.05, 0) is 41.5 Å². The van der Waals surface area contributed by atoms with Crippen molar-refractivity contribution in [3.63, 3.8) is 0 Å². The molecule has 206 valence electrons. The number of aliphatic hydroxyl groups is 1. The Labute approximate surface area is 232 Å². The van der Waals surface area contributed by atoms with Gasteiger partial charge in [0.2, 0.25) is 0 Å². The number of aromatic nitrogens is 1. The normalized spacial score (nSPS) is 16.5. The van der Waals surface area contributed by atoms with Crippen LogP contribution >= 0.6 is 0 Å². The number of aliphatic hydroxyl groups excluding tert-OH is 1. The van der Waals surface area contributed by atoms with E-state index in [0.29, 0.717) is 73.6 Å². The van der Waals surface area contributed by atoms with E-state index in [2.05, 4.69) is 11.1 Å². The number of nitriles is 1. The van der Waals surface area contributed by atoms with Crippen LogP contribution < -0.4 is 9.47 Å². The number of β-amino-alcohol motifs (C(OH)–C–C–N with tert-alkyl or cyclic N) is 1. The summed E-state index contributed by atoms with van der Waals surface area (Å²) in [5.74, 6) is 1.89. The van der Waals surface area contributed by atoms with Gasteiger partial charge in [0.05, 0.1) is 50.9 Å². The van der Waals surface area contributed by atoms with E-state index < -0.39 is 0 Å². The van der Waals surface area contributed by atoms with Crippen molar-refractivity contribution in [3.05, 3.63) is 65.9 Å². The average molecular weight is 542 g/mol. The Kier molecular flexibility index (Phi) is 7.66. The molecule has 2 aliphatic heterocycles. The SMILES string of the molecule is COc1cc(COCN2CC(O)C2)ccc1-c1cc2nccc(-c3ccc(OC4CCOCC4)c(C#N)c3)c2o1. The molecule has 1 N–H and O–H groups in total. The number of fused-ring (bicyclic) bond motifs is 1. The number of ether oxygens (including phenoxy) is 4.